The monoisotopic (exact) mass is 288 g/mol. The van der Waals surface area contributed by atoms with Crippen molar-refractivity contribution in [2.75, 3.05) is 12.4 Å². The van der Waals surface area contributed by atoms with E-state index in [4.69, 9.17) is 4.74 Å². The molecular formula is C15H16N2O2S. The minimum atomic E-state index is -0.0971. The minimum Gasteiger partial charge on any atom is -0.497 e. The van der Waals surface area contributed by atoms with Crippen molar-refractivity contribution in [3.05, 3.63) is 39.8 Å². The third-order valence-electron chi connectivity index (χ3n) is 3.27. The number of anilines is 1. The van der Waals surface area contributed by atoms with E-state index in [0.717, 1.165) is 22.1 Å². The number of ether oxygens (including phenoxy) is 1. The molecule has 3 rings (SSSR count). The van der Waals surface area contributed by atoms with Crippen molar-refractivity contribution < 1.29 is 9.53 Å². The molecule has 104 valence electrons. The zero-order valence-corrected chi connectivity index (χ0v) is 12.3. The largest absolute Gasteiger partial charge is 0.497 e. The first-order valence-corrected chi connectivity index (χ1v) is 7.41. The summed E-state index contributed by atoms with van der Waals surface area (Å²) in [6.07, 6.45) is 2.40. The Bertz CT molecular complexity index is 647. The standard InChI is InChI=1S/C15H16N2O2S/c1-9-13(20-15(16-9)10-6-7-10)14(18)17-11-4-3-5-12(8-11)19-2/h3-5,8,10H,6-7H2,1-2H3,(H,17,18). The lowest BCUT2D eigenvalue weighted by atomic mass is 10.3. The fourth-order valence-electron chi connectivity index (χ4n) is 2.02. The second kappa shape index (κ2) is 5.25. The number of rotatable bonds is 4. The molecule has 2 aromatic rings. The number of thiazole rings is 1. The molecule has 0 bridgehead atoms. The van der Waals surface area contributed by atoms with Crippen LogP contribution in [0.1, 0.15) is 39.1 Å². The summed E-state index contributed by atoms with van der Waals surface area (Å²) in [5.74, 6) is 1.21. The second-order valence-corrected chi connectivity index (χ2v) is 5.96. The summed E-state index contributed by atoms with van der Waals surface area (Å²) < 4.78 is 5.15. The topological polar surface area (TPSA) is 51.2 Å². The molecule has 20 heavy (non-hydrogen) atoms. The summed E-state index contributed by atoms with van der Waals surface area (Å²) in [7, 11) is 1.61. The van der Waals surface area contributed by atoms with Gasteiger partial charge in [-0.1, -0.05) is 6.07 Å². The van der Waals surface area contributed by atoms with E-state index in [1.54, 1.807) is 13.2 Å². The number of aryl methyl sites for hydroxylation is 1. The maximum absolute atomic E-state index is 12.3. The zero-order chi connectivity index (χ0) is 14.1. The van der Waals surface area contributed by atoms with Gasteiger partial charge in [0.2, 0.25) is 0 Å². The summed E-state index contributed by atoms with van der Waals surface area (Å²) in [5.41, 5.74) is 1.55. The number of benzene rings is 1. The first kappa shape index (κ1) is 13.1. The lowest BCUT2D eigenvalue weighted by Crippen LogP contribution is -2.11. The molecular weight excluding hydrogens is 272 g/mol. The van der Waals surface area contributed by atoms with Crippen LogP contribution in [0.25, 0.3) is 0 Å². The van der Waals surface area contributed by atoms with E-state index >= 15 is 0 Å². The number of methoxy groups -OCH3 is 1. The van der Waals surface area contributed by atoms with Gasteiger partial charge in [0.15, 0.2) is 0 Å². The molecule has 1 aliphatic rings. The van der Waals surface area contributed by atoms with Crippen LogP contribution in [0.4, 0.5) is 5.69 Å². The Hall–Kier alpha value is -1.88. The second-order valence-electron chi connectivity index (χ2n) is 4.93. The molecule has 1 aromatic heterocycles. The molecule has 1 N–H and O–H groups in total. The normalized spacial score (nSPS) is 14.1. The fourth-order valence-corrected chi connectivity index (χ4v) is 3.15. The molecule has 0 unspecified atom stereocenters. The van der Waals surface area contributed by atoms with Gasteiger partial charge in [-0.2, -0.15) is 0 Å². The van der Waals surface area contributed by atoms with Gasteiger partial charge < -0.3 is 10.1 Å². The van der Waals surface area contributed by atoms with Crippen molar-refractivity contribution in [2.45, 2.75) is 25.7 Å². The first-order chi connectivity index (χ1) is 9.67. The van der Waals surface area contributed by atoms with Gasteiger partial charge in [-0.25, -0.2) is 4.98 Å². The molecule has 0 spiro atoms. The lowest BCUT2D eigenvalue weighted by Gasteiger charge is -2.06. The highest BCUT2D eigenvalue weighted by atomic mass is 32.1. The zero-order valence-electron chi connectivity index (χ0n) is 11.5. The summed E-state index contributed by atoms with van der Waals surface area (Å²) in [4.78, 5) is 17.5. The van der Waals surface area contributed by atoms with Gasteiger partial charge in [0.25, 0.3) is 5.91 Å². The SMILES string of the molecule is COc1cccc(NC(=O)c2sc(C3CC3)nc2C)c1. The Balaban J connectivity index is 1.78. The number of amides is 1. The van der Waals surface area contributed by atoms with Crippen molar-refractivity contribution in [1.82, 2.24) is 4.98 Å². The maximum Gasteiger partial charge on any atom is 0.267 e. The summed E-state index contributed by atoms with van der Waals surface area (Å²) in [6, 6.07) is 7.34. The Morgan fingerprint density at radius 2 is 2.25 bits per heavy atom. The molecule has 4 nitrogen and oxygen atoms in total. The molecule has 0 atom stereocenters. The number of carbonyl (C=O) groups excluding carboxylic acids is 1. The van der Waals surface area contributed by atoms with E-state index in [2.05, 4.69) is 10.3 Å². The number of nitrogens with one attached hydrogen (secondary N) is 1. The van der Waals surface area contributed by atoms with Crippen LogP contribution in [0.15, 0.2) is 24.3 Å². The Labute approximate surface area is 121 Å². The van der Waals surface area contributed by atoms with E-state index < -0.39 is 0 Å². The number of nitrogens with zero attached hydrogens (tertiary/aromatic N) is 1. The van der Waals surface area contributed by atoms with E-state index in [1.807, 2.05) is 25.1 Å². The molecule has 1 amide bonds. The molecule has 1 saturated carbocycles. The van der Waals surface area contributed by atoms with Gasteiger partial charge in [0.1, 0.15) is 10.6 Å². The quantitative estimate of drug-likeness (QED) is 0.935. The number of hydrogen-bond donors (Lipinski definition) is 1. The summed E-state index contributed by atoms with van der Waals surface area (Å²) >= 11 is 1.51. The number of hydrogen-bond acceptors (Lipinski definition) is 4. The minimum absolute atomic E-state index is 0.0971. The lowest BCUT2D eigenvalue weighted by molar-refractivity contribution is 0.103. The van der Waals surface area contributed by atoms with Crippen LogP contribution < -0.4 is 10.1 Å². The molecule has 1 fully saturated rings. The molecule has 1 aromatic carbocycles. The van der Waals surface area contributed by atoms with Crippen molar-refractivity contribution in [3.63, 3.8) is 0 Å². The van der Waals surface area contributed by atoms with Crippen molar-refractivity contribution in [3.8, 4) is 5.75 Å². The maximum atomic E-state index is 12.3. The highest BCUT2D eigenvalue weighted by Gasteiger charge is 2.28. The van der Waals surface area contributed by atoms with Crippen LogP contribution in [-0.2, 0) is 0 Å². The van der Waals surface area contributed by atoms with E-state index in [1.165, 1.54) is 24.2 Å². The highest BCUT2D eigenvalue weighted by Crippen LogP contribution is 2.42. The van der Waals surface area contributed by atoms with E-state index in [9.17, 15) is 4.79 Å². The predicted molar refractivity (Wildman–Crippen MR) is 79.8 cm³/mol. The Kier molecular flexibility index (Phi) is 3.44. The average molecular weight is 288 g/mol. The fraction of sp³-hybridized carbons (Fsp3) is 0.333. The van der Waals surface area contributed by atoms with Crippen molar-refractivity contribution >= 4 is 22.9 Å². The number of carbonyl (C=O) groups is 1. The molecule has 0 saturated heterocycles. The summed E-state index contributed by atoms with van der Waals surface area (Å²) in [6.45, 7) is 1.89. The third-order valence-corrected chi connectivity index (χ3v) is 4.59. The molecule has 0 radical (unpaired) electrons. The van der Waals surface area contributed by atoms with Crippen molar-refractivity contribution in [1.29, 1.82) is 0 Å². The van der Waals surface area contributed by atoms with Gasteiger partial charge in [0, 0.05) is 17.7 Å². The van der Waals surface area contributed by atoms with Crippen LogP contribution in [0.5, 0.6) is 5.75 Å². The molecule has 0 aliphatic heterocycles. The van der Waals surface area contributed by atoms with Gasteiger partial charge in [0.05, 0.1) is 17.8 Å². The molecule has 1 heterocycles. The average Bonchev–Trinajstić information content (AvgIpc) is 3.22. The van der Waals surface area contributed by atoms with Gasteiger partial charge in [-0.3, -0.25) is 4.79 Å². The molecule has 1 aliphatic carbocycles. The van der Waals surface area contributed by atoms with E-state index in [-0.39, 0.29) is 5.91 Å². The predicted octanol–water partition coefficient (Wildman–Crippen LogP) is 3.59. The van der Waals surface area contributed by atoms with Crippen LogP contribution in [0, 0.1) is 6.92 Å². The van der Waals surface area contributed by atoms with Crippen LogP contribution in [0.2, 0.25) is 0 Å². The first-order valence-electron chi connectivity index (χ1n) is 6.60. The number of aromatic nitrogens is 1. The third kappa shape index (κ3) is 2.67. The highest BCUT2D eigenvalue weighted by molar-refractivity contribution is 7.14. The van der Waals surface area contributed by atoms with E-state index in [0.29, 0.717) is 10.8 Å². The van der Waals surface area contributed by atoms with Crippen LogP contribution in [-0.4, -0.2) is 18.0 Å². The van der Waals surface area contributed by atoms with Gasteiger partial charge >= 0.3 is 0 Å². The smallest absolute Gasteiger partial charge is 0.267 e. The molecule has 5 heteroatoms. The van der Waals surface area contributed by atoms with Crippen molar-refractivity contribution in [2.24, 2.45) is 0 Å². The van der Waals surface area contributed by atoms with Crippen LogP contribution in [0.3, 0.4) is 0 Å². The van der Waals surface area contributed by atoms with Gasteiger partial charge in [-0.15, -0.1) is 11.3 Å². The Morgan fingerprint density at radius 3 is 2.95 bits per heavy atom. The van der Waals surface area contributed by atoms with Crippen LogP contribution >= 0.6 is 11.3 Å². The van der Waals surface area contributed by atoms with Gasteiger partial charge in [-0.05, 0) is 31.9 Å². The summed E-state index contributed by atoms with van der Waals surface area (Å²) in [5, 5.41) is 3.99. The Morgan fingerprint density at radius 1 is 1.45 bits per heavy atom.